The molecule has 3 rings (SSSR count). The predicted octanol–water partition coefficient (Wildman–Crippen LogP) is 4.66. The number of rotatable bonds is 8. The molecule has 2 heterocycles. The van der Waals surface area contributed by atoms with E-state index >= 15 is 0 Å². The molecule has 2 aromatic heterocycles. The largest absolute Gasteiger partial charge is 0.480 e. The number of nitrogens with zero attached hydrogens (tertiary/aromatic N) is 3. The molecule has 0 aliphatic rings. The number of benzene rings is 1. The summed E-state index contributed by atoms with van der Waals surface area (Å²) in [6.07, 6.45) is 3.84. The Balaban J connectivity index is 1.54. The van der Waals surface area contributed by atoms with Crippen molar-refractivity contribution in [3.05, 3.63) is 53.0 Å². The molecule has 0 atom stereocenters. The first kappa shape index (κ1) is 21.2. The van der Waals surface area contributed by atoms with Crippen molar-refractivity contribution in [1.82, 2.24) is 15.0 Å². The van der Waals surface area contributed by atoms with Gasteiger partial charge in [0.25, 0.3) is 0 Å². The van der Waals surface area contributed by atoms with Gasteiger partial charge in [-0.3, -0.25) is 4.79 Å². The Labute approximate surface area is 176 Å². The number of anilines is 1. The zero-order valence-electron chi connectivity index (χ0n) is 16.3. The maximum absolute atomic E-state index is 14.1. The van der Waals surface area contributed by atoms with E-state index in [1.807, 2.05) is 18.4 Å². The van der Waals surface area contributed by atoms with Crippen LogP contribution in [0.1, 0.15) is 25.1 Å². The van der Waals surface area contributed by atoms with E-state index in [0.717, 1.165) is 15.6 Å². The molecule has 3 aromatic rings. The molecular formula is C20H21FN4O2S2. The molecule has 29 heavy (non-hydrogen) atoms. The highest BCUT2D eigenvalue weighted by Crippen LogP contribution is 2.34. The highest BCUT2D eigenvalue weighted by atomic mass is 32.2. The Hall–Kier alpha value is -2.52. The lowest BCUT2D eigenvalue weighted by molar-refractivity contribution is -0.138. The van der Waals surface area contributed by atoms with E-state index in [9.17, 15) is 14.3 Å². The second-order valence-electron chi connectivity index (χ2n) is 6.98. The first-order valence-corrected chi connectivity index (χ1v) is 10.6. The molecule has 0 aliphatic heterocycles. The average Bonchev–Trinajstić information content (AvgIpc) is 3.09. The van der Waals surface area contributed by atoms with Gasteiger partial charge in [0.15, 0.2) is 4.34 Å². The fraction of sp³-hybridized carbons (Fsp3) is 0.300. The maximum atomic E-state index is 14.1. The van der Waals surface area contributed by atoms with Gasteiger partial charge >= 0.3 is 5.97 Å². The molecule has 0 saturated carbocycles. The van der Waals surface area contributed by atoms with Crippen molar-refractivity contribution in [1.29, 1.82) is 0 Å². The Kier molecular flexibility index (Phi) is 6.49. The predicted molar refractivity (Wildman–Crippen MR) is 114 cm³/mol. The number of halogens is 1. The monoisotopic (exact) mass is 432 g/mol. The number of aromatic nitrogens is 3. The smallest absolute Gasteiger partial charge is 0.319 e. The Morgan fingerprint density at radius 2 is 2.03 bits per heavy atom. The standard InChI is InChI=1S/C20H21FN4O2S2/c1-12-4-5-15(16(21)8-12)13-9-23-18(24-10-13)22-7-6-14-11-28-19(25-14)29-20(2,3)17(26)27/h4-5,8-11H,6-7H2,1-3H3,(H,26,27)(H,22,23,24). The Morgan fingerprint density at radius 3 is 2.69 bits per heavy atom. The van der Waals surface area contributed by atoms with Gasteiger partial charge < -0.3 is 10.4 Å². The molecule has 6 nitrogen and oxygen atoms in total. The maximum Gasteiger partial charge on any atom is 0.319 e. The quantitative estimate of drug-likeness (QED) is 0.501. The van der Waals surface area contributed by atoms with Crippen LogP contribution in [-0.4, -0.2) is 37.3 Å². The van der Waals surface area contributed by atoms with Crippen molar-refractivity contribution in [2.75, 3.05) is 11.9 Å². The molecule has 0 aliphatic carbocycles. The number of hydrogen-bond donors (Lipinski definition) is 2. The number of thiazole rings is 1. The molecule has 2 N–H and O–H groups in total. The lowest BCUT2D eigenvalue weighted by Gasteiger charge is -2.15. The summed E-state index contributed by atoms with van der Waals surface area (Å²) >= 11 is 2.67. The minimum Gasteiger partial charge on any atom is -0.480 e. The van der Waals surface area contributed by atoms with Crippen LogP contribution < -0.4 is 5.32 Å². The summed E-state index contributed by atoms with van der Waals surface area (Å²) in [6, 6.07) is 5.06. The van der Waals surface area contributed by atoms with E-state index in [1.54, 1.807) is 32.3 Å². The van der Waals surface area contributed by atoms with Crippen LogP contribution in [0.3, 0.4) is 0 Å². The van der Waals surface area contributed by atoms with E-state index < -0.39 is 10.7 Å². The summed E-state index contributed by atoms with van der Waals surface area (Å²) in [5.41, 5.74) is 2.83. The molecule has 0 fully saturated rings. The van der Waals surface area contributed by atoms with Crippen LogP contribution in [0.5, 0.6) is 0 Å². The molecule has 152 valence electrons. The zero-order valence-corrected chi connectivity index (χ0v) is 17.9. The van der Waals surface area contributed by atoms with Gasteiger partial charge in [-0.15, -0.1) is 11.3 Å². The number of hydrogen-bond acceptors (Lipinski definition) is 7. The van der Waals surface area contributed by atoms with Crippen molar-refractivity contribution >= 4 is 35.0 Å². The summed E-state index contributed by atoms with van der Waals surface area (Å²) < 4.78 is 13.9. The van der Waals surface area contributed by atoms with Gasteiger partial charge in [0, 0.05) is 41.9 Å². The summed E-state index contributed by atoms with van der Waals surface area (Å²) in [7, 11) is 0. The second kappa shape index (κ2) is 8.87. The van der Waals surface area contributed by atoms with Crippen LogP contribution in [0.4, 0.5) is 10.3 Å². The minimum absolute atomic E-state index is 0.294. The third-order valence-corrected chi connectivity index (χ3v) is 6.31. The van der Waals surface area contributed by atoms with Crippen LogP contribution in [-0.2, 0) is 11.2 Å². The molecule has 0 spiro atoms. The second-order valence-corrected chi connectivity index (χ2v) is 9.71. The summed E-state index contributed by atoms with van der Waals surface area (Å²) in [4.78, 5) is 24.2. The van der Waals surface area contributed by atoms with E-state index in [0.29, 0.717) is 30.0 Å². The first-order valence-electron chi connectivity index (χ1n) is 8.94. The fourth-order valence-corrected chi connectivity index (χ4v) is 4.65. The summed E-state index contributed by atoms with van der Waals surface area (Å²) in [5.74, 6) is -0.706. The first-order chi connectivity index (χ1) is 13.7. The number of aryl methyl sites for hydroxylation is 1. The van der Waals surface area contributed by atoms with Gasteiger partial charge in [0.1, 0.15) is 10.6 Å². The van der Waals surface area contributed by atoms with Gasteiger partial charge in [0.2, 0.25) is 5.95 Å². The van der Waals surface area contributed by atoms with Gasteiger partial charge in [-0.25, -0.2) is 19.3 Å². The molecule has 0 unspecified atom stereocenters. The van der Waals surface area contributed by atoms with Crippen LogP contribution in [0.15, 0.2) is 40.3 Å². The van der Waals surface area contributed by atoms with Crippen molar-refractivity contribution in [2.45, 2.75) is 36.3 Å². The van der Waals surface area contributed by atoms with Gasteiger partial charge in [-0.05, 0) is 32.4 Å². The van der Waals surface area contributed by atoms with Gasteiger partial charge in [0.05, 0.1) is 5.69 Å². The van der Waals surface area contributed by atoms with Crippen LogP contribution in [0, 0.1) is 12.7 Å². The van der Waals surface area contributed by atoms with Gasteiger partial charge in [-0.1, -0.05) is 23.9 Å². The number of carboxylic acid groups (broad SMARTS) is 1. The van der Waals surface area contributed by atoms with E-state index in [-0.39, 0.29) is 5.82 Å². The molecule has 0 saturated heterocycles. The molecule has 0 bridgehead atoms. The molecule has 9 heteroatoms. The van der Waals surface area contributed by atoms with Crippen molar-refractivity contribution in [3.63, 3.8) is 0 Å². The summed E-state index contributed by atoms with van der Waals surface area (Å²) in [5, 5.41) is 14.2. The van der Waals surface area contributed by atoms with Crippen LogP contribution >= 0.6 is 23.1 Å². The van der Waals surface area contributed by atoms with E-state index in [4.69, 9.17) is 0 Å². The average molecular weight is 433 g/mol. The number of aliphatic carboxylic acids is 1. The molecule has 1 aromatic carbocycles. The molecule has 0 amide bonds. The fourth-order valence-electron chi connectivity index (χ4n) is 2.43. The van der Waals surface area contributed by atoms with Crippen molar-refractivity contribution in [3.8, 4) is 11.1 Å². The lowest BCUT2D eigenvalue weighted by Crippen LogP contribution is -2.26. The van der Waals surface area contributed by atoms with E-state index in [2.05, 4.69) is 20.3 Å². The Bertz CT molecular complexity index is 1010. The minimum atomic E-state index is -0.917. The summed E-state index contributed by atoms with van der Waals surface area (Å²) in [6.45, 7) is 5.74. The zero-order chi connectivity index (χ0) is 21.0. The lowest BCUT2D eigenvalue weighted by atomic mass is 10.1. The van der Waals surface area contributed by atoms with Crippen LogP contribution in [0.25, 0.3) is 11.1 Å². The highest BCUT2D eigenvalue weighted by Gasteiger charge is 2.29. The van der Waals surface area contributed by atoms with E-state index in [1.165, 1.54) is 29.2 Å². The topological polar surface area (TPSA) is 88.0 Å². The normalized spacial score (nSPS) is 11.4. The number of nitrogens with one attached hydrogen (secondary N) is 1. The van der Waals surface area contributed by atoms with Crippen LogP contribution in [0.2, 0.25) is 0 Å². The van der Waals surface area contributed by atoms with Crippen molar-refractivity contribution < 1.29 is 14.3 Å². The number of thioether (sulfide) groups is 1. The number of carboxylic acids is 1. The SMILES string of the molecule is Cc1ccc(-c2cnc(NCCc3csc(SC(C)(C)C(=O)O)n3)nc2)c(F)c1. The molecule has 0 radical (unpaired) electrons. The van der Waals surface area contributed by atoms with Gasteiger partial charge in [-0.2, -0.15) is 0 Å². The molecular weight excluding hydrogens is 411 g/mol. The third-order valence-electron chi connectivity index (χ3n) is 4.14. The Morgan fingerprint density at radius 1 is 1.31 bits per heavy atom. The highest BCUT2D eigenvalue weighted by molar-refractivity contribution is 8.02. The third kappa shape index (κ3) is 5.51. The number of carbonyl (C=O) groups is 1. The van der Waals surface area contributed by atoms with Crippen molar-refractivity contribution in [2.24, 2.45) is 0 Å².